The van der Waals surface area contributed by atoms with Crippen molar-refractivity contribution in [3.8, 4) is 0 Å². The van der Waals surface area contributed by atoms with Crippen LogP contribution in [-0.2, 0) is 0 Å². The molecule has 3 aromatic carbocycles. The average molecular weight is 407 g/mol. The second kappa shape index (κ2) is 7.32. The molecule has 6 nitrogen and oxygen atoms in total. The van der Waals surface area contributed by atoms with E-state index in [1.165, 1.54) is 0 Å². The highest BCUT2D eigenvalue weighted by Gasteiger charge is 2.16. The summed E-state index contributed by atoms with van der Waals surface area (Å²) in [7, 11) is 0. The average Bonchev–Trinajstić information content (AvgIpc) is 3.18. The standard InChI is InChI=1S/C25H21N5O/c1-15-9-10-16(2)21(13-15)27-24-25-29-28-17(3)30(25)22-14-19(11-12-20(22)26-24)23(31)18-7-5-4-6-8-18/h4-14H,1-3H3,(H,26,27). The Hall–Kier alpha value is -4.06. The Balaban J connectivity index is 1.67. The smallest absolute Gasteiger partial charge is 0.204 e. The maximum absolute atomic E-state index is 13.0. The molecule has 0 aliphatic carbocycles. The number of carbonyl (C=O) groups is 1. The fourth-order valence-corrected chi connectivity index (χ4v) is 3.75. The van der Waals surface area contributed by atoms with Gasteiger partial charge in [-0.2, -0.15) is 0 Å². The van der Waals surface area contributed by atoms with Gasteiger partial charge >= 0.3 is 0 Å². The van der Waals surface area contributed by atoms with Gasteiger partial charge < -0.3 is 5.32 Å². The molecule has 0 atom stereocenters. The van der Waals surface area contributed by atoms with Crippen LogP contribution in [0.2, 0.25) is 0 Å². The van der Waals surface area contributed by atoms with Crippen LogP contribution in [0.3, 0.4) is 0 Å². The third-order valence-electron chi connectivity index (χ3n) is 5.43. The number of benzene rings is 3. The maximum Gasteiger partial charge on any atom is 0.204 e. The molecular formula is C25H21N5O. The molecule has 0 aliphatic heterocycles. The molecule has 0 unspecified atom stereocenters. The topological polar surface area (TPSA) is 72.2 Å². The zero-order valence-electron chi connectivity index (χ0n) is 17.5. The quantitative estimate of drug-likeness (QED) is 0.416. The van der Waals surface area contributed by atoms with Crippen LogP contribution >= 0.6 is 0 Å². The van der Waals surface area contributed by atoms with Gasteiger partial charge in [-0.15, -0.1) is 10.2 Å². The first-order chi connectivity index (χ1) is 15.0. The summed E-state index contributed by atoms with van der Waals surface area (Å²) in [6.45, 7) is 6.00. The van der Waals surface area contributed by atoms with Crippen molar-refractivity contribution in [3.05, 3.63) is 94.8 Å². The molecule has 5 rings (SSSR count). The first-order valence-electron chi connectivity index (χ1n) is 10.1. The highest BCUT2D eigenvalue weighted by molar-refractivity contribution is 6.10. The summed E-state index contributed by atoms with van der Waals surface area (Å²) in [5.74, 6) is 1.33. The fourth-order valence-electron chi connectivity index (χ4n) is 3.75. The van der Waals surface area contributed by atoms with Gasteiger partial charge in [-0.1, -0.05) is 42.5 Å². The first kappa shape index (κ1) is 18.9. The van der Waals surface area contributed by atoms with Crippen molar-refractivity contribution in [2.75, 3.05) is 5.32 Å². The van der Waals surface area contributed by atoms with Crippen LogP contribution in [0.5, 0.6) is 0 Å². The van der Waals surface area contributed by atoms with Gasteiger partial charge in [0, 0.05) is 16.8 Å². The van der Waals surface area contributed by atoms with Crippen LogP contribution in [0, 0.1) is 20.8 Å². The molecule has 2 heterocycles. The molecule has 0 radical (unpaired) electrons. The van der Waals surface area contributed by atoms with Crippen LogP contribution in [0.15, 0.2) is 66.7 Å². The Kier molecular flexibility index (Phi) is 4.47. The van der Waals surface area contributed by atoms with Gasteiger partial charge in [0.25, 0.3) is 0 Å². The molecule has 31 heavy (non-hydrogen) atoms. The van der Waals surface area contributed by atoms with E-state index in [0.717, 1.165) is 33.7 Å². The van der Waals surface area contributed by atoms with Crippen LogP contribution in [0.4, 0.5) is 11.5 Å². The van der Waals surface area contributed by atoms with Crippen LogP contribution in [0.25, 0.3) is 16.7 Å². The Morgan fingerprint density at radius 2 is 1.68 bits per heavy atom. The Morgan fingerprint density at radius 3 is 2.48 bits per heavy atom. The second-order valence-electron chi connectivity index (χ2n) is 7.71. The van der Waals surface area contributed by atoms with E-state index in [1.54, 1.807) is 0 Å². The van der Waals surface area contributed by atoms with Crippen molar-refractivity contribution >= 4 is 34.0 Å². The Morgan fingerprint density at radius 1 is 0.871 bits per heavy atom. The van der Waals surface area contributed by atoms with Gasteiger partial charge in [0.15, 0.2) is 11.6 Å². The van der Waals surface area contributed by atoms with E-state index in [9.17, 15) is 4.79 Å². The predicted molar refractivity (Wildman–Crippen MR) is 122 cm³/mol. The number of anilines is 2. The van der Waals surface area contributed by atoms with Gasteiger partial charge in [-0.05, 0) is 56.2 Å². The molecule has 2 aromatic heterocycles. The van der Waals surface area contributed by atoms with E-state index in [4.69, 9.17) is 4.98 Å². The molecule has 0 saturated heterocycles. The second-order valence-corrected chi connectivity index (χ2v) is 7.71. The summed E-state index contributed by atoms with van der Waals surface area (Å²) in [6, 6.07) is 21.1. The van der Waals surface area contributed by atoms with Gasteiger partial charge in [0.05, 0.1) is 11.0 Å². The highest BCUT2D eigenvalue weighted by Crippen LogP contribution is 2.27. The van der Waals surface area contributed by atoms with Crippen molar-refractivity contribution in [3.63, 3.8) is 0 Å². The predicted octanol–water partition coefficient (Wildman–Crippen LogP) is 5.18. The number of carbonyl (C=O) groups excluding carboxylic acids is 1. The zero-order valence-corrected chi connectivity index (χ0v) is 17.5. The molecule has 0 amide bonds. The minimum Gasteiger partial charge on any atom is -0.337 e. The van der Waals surface area contributed by atoms with Gasteiger partial charge in [-0.25, -0.2) is 4.98 Å². The van der Waals surface area contributed by atoms with Crippen molar-refractivity contribution in [1.82, 2.24) is 19.6 Å². The number of fused-ring (bicyclic) bond motifs is 3. The first-order valence-corrected chi connectivity index (χ1v) is 10.1. The molecule has 152 valence electrons. The van der Waals surface area contributed by atoms with Crippen molar-refractivity contribution in [1.29, 1.82) is 0 Å². The lowest BCUT2D eigenvalue weighted by molar-refractivity contribution is 0.103. The van der Waals surface area contributed by atoms with E-state index in [1.807, 2.05) is 59.9 Å². The highest BCUT2D eigenvalue weighted by atomic mass is 16.1. The van der Waals surface area contributed by atoms with Crippen molar-refractivity contribution < 1.29 is 4.79 Å². The summed E-state index contributed by atoms with van der Waals surface area (Å²) >= 11 is 0. The molecule has 0 fully saturated rings. The molecule has 0 spiro atoms. The largest absolute Gasteiger partial charge is 0.337 e. The summed E-state index contributed by atoms with van der Waals surface area (Å²) in [6.07, 6.45) is 0. The number of ketones is 1. The van der Waals surface area contributed by atoms with E-state index in [2.05, 4.69) is 47.6 Å². The number of rotatable bonds is 4. The molecular weight excluding hydrogens is 386 g/mol. The minimum atomic E-state index is -0.0287. The minimum absolute atomic E-state index is 0.0287. The summed E-state index contributed by atoms with van der Waals surface area (Å²) < 4.78 is 1.94. The van der Waals surface area contributed by atoms with E-state index in [0.29, 0.717) is 22.6 Å². The normalized spacial score (nSPS) is 11.2. The van der Waals surface area contributed by atoms with Crippen molar-refractivity contribution in [2.24, 2.45) is 0 Å². The number of nitrogens with zero attached hydrogens (tertiary/aromatic N) is 4. The summed E-state index contributed by atoms with van der Waals surface area (Å²) in [4.78, 5) is 17.8. The number of aromatic nitrogens is 4. The van der Waals surface area contributed by atoms with Crippen LogP contribution < -0.4 is 5.32 Å². The lowest BCUT2D eigenvalue weighted by atomic mass is 10.0. The third-order valence-corrected chi connectivity index (χ3v) is 5.43. The fraction of sp³-hybridized carbons (Fsp3) is 0.120. The molecule has 1 N–H and O–H groups in total. The van der Waals surface area contributed by atoms with Gasteiger partial charge in [0.2, 0.25) is 5.65 Å². The summed E-state index contributed by atoms with van der Waals surface area (Å²) in [5.41, 5.74) is 6.68. The van der Waals surface area contributed by atoms with E-state index in [-0.39, 0.29) is 5.78 Å². The van der Waals surface area contributed by atoms with Crippen LogP contribution in [-0.4, -0.2) is 25.4 Å². The van der Waals surface area contributed by atoms with E-state index >= 15 is 0 Å². The van der Waals surface area contributed by atoms with Crippen molar-refractivity contribution in [2.45, 2.75) is 20.8 Å². The Labute approximate surface area is 179 Å². The number of nitrogens with one attached hydrogen (secondary N) is 1. The number of aryl methyl sites for hydroxylation is 3. The SMILES string of the molecule is Cc1ccc(C)c(Nc2nc3ccc(C(=O)c4ccccc4)cc3n3c(C)nnc23)c1. The molecule has 5 aromatic rings. The number of hydrogen-bond acceptors (Lipinski definition) is 5. The molecule has 0 saturated carbocycles. The molecule has 6 heteroatoms. The number of hydrogen-bond donors (Lipinski definition) is 1. The maximum atomic E-state index is 13.0. The van der Waals surface area contributed by atoms with Crippen LogP contribution in [0.1, 0.15) is 32.9 Å². The zero-order chi connectivity index (χ0) is 21.5. The van der Waals surface area contributed by atoms with E-state index < -0.39 is 0 Å². The third kappa shape index (κ3) is 3.32. The molecule has 0 aliphatic rings. The van der Waals surface area contributed by atoms with Gasteiger partial charge in [-0.3, -0.25) is 9.20 Å². The Bertz CT molecular complexity index is 1450. The summed E-state index contributed by atoms with van der Waals surface area (Å²) in [5, 5.41) is 12.0. The lowest BCUT2D eigenvalue weighted by Gasteiger charge is -2.13. The lowest BCUT2D eigenvalue weighted by Crippen LogP contribution is -2.05. The monoisotopic (exact) mass is 407 g/mol. The molecule has 0 bridgehead atoms. The van der Waals surface area contributed by atoms with Gasteiger partial charge in [0.1, 0.15) is 5.82 Å².